The van der Waals surface area contributed by atoms with E-state index in [1.165, 1.54) is 11.1 Å². The van der Waals surface area contributed by atoms with E-state index in [2.05, 4.69) is 42.3 Å². The predicted octanol–water partition coefficient (Wildman–Crippen LogP) is 3.94. The summed E-state index contributed by atoms with van der Waals surface area (Å²) in [6.45, 7) is 5.08. The molecular formula is C16H19ClN2. The van der Waals surface area contributed by atoms with Crippen molar-refractivity contribution < 1.29 is 0 Å². The number of pyridine rings is 1. The fourth-order valence-corrected chi connectivity index (χ4v) is 2.57. The standard InChI is InChI=1S/C16H19ClN2/c1-3-19-16(10-13-5-4-8-18-11-13)14-7-6-12(2)9-15(14)17/h4-9,11,16,19H,3,10H2,1-2H3. The molecule has 1 unspecified atom stereocenters. The number of benzene rings is 1. The molecule has 0 radical (unpaired) electrons. The predicted molar refractivity (Wildman–Crippen MR) is 80.5 cm³/mol. The third kappa shape index (κ3) is 3.79. The Balaban J connectivity index is 2.24. The van der Waals surface area contributed by atoms with Crippen molar-refractivity contribution in [3.05, 3.63) is 64.4 Å². The highest BCUT2D eigenvalue weighted by molar-refractivity contribution is 6.31. The summed E-state index contributed by atoms with van der Waals surface area (Å²) in [5.74, 6) is 0. The van der Waals surface area contributed by atoms with Crippen LogP contribution in [0.5, 0.6) is 0 Å². The van der Waals surface area contributed by atoms with Crippen LogP contribution in [0.4, 0.5) is 0 Å². The van der Waals surface area contributed by atoms with Gasteiger partial charge in [0.1, 0.15) is 0 Å². The summed E-state index contributed by atoms with van der Waals surface area (Å²) in [5.41, 5.74) is 3.55. The summed E-state index contributed by atoms with van der Waals surface area (Å²) in [7, 11) is 0. The fraction of sp³-hybridized carbons (Fsp3) is 0.312. The van der Waals surface area contributed by atoms with E-state index in [9.17, 15) is 0 Å². The molecule has 2 nitrogen and oxygen atoms in total. The lowest BCUT2D eigenvalue weighted by Gasteiger charge is -2.20. The number of hydrogen-bond acceptors (Lipinski definition) is 2. The molecule has 0 aliphatic heterocycles. The maximum atomic E-state index is 6.37. The van der Waals surface area contributed by atoms with Gasteiger partial charge in [0.2, 0.25) is 0 Å². The zero-order valence-electron chi connectivity index (χ0n) is 11.4. The zero-order valence-corrected chi connectivity index (χ0v) is 12.1. The maximum absolute atomic E-state index is 6.37. The van der Waals surface area contributed by atoms with Gasteiger partial charge in [0.05, 0.1) is 0 Å². The van der Waals surface area contributed by atoms with Crippen molar-refractivity contribution in [1.82, 2.24) is 10.3 Å². The van der Waals surface area contributed by atoms with Crippen LogP contribution in [0.2, 0.25) is 5.02 Å². The van der Waals surface area contributed by atoms with E-state index in [0.717, 1.165) is 23.6 Å². The summed E-state index contributed by atoms with van der Waals surface area (Å²) in [6.07, 6.45) is 4.60. The van der Waals surface area contributed by atoms with Gasteiger partial charge in [-0.2, -0.15) is 0 Å². The molecule has 0 saturated heterocycles. The van der Waals surface area contributed by atoms with E-state index in [4.69, 9.17) is 11.6 Å². The van der Waals surface area contributed by atoms with Gasteiger partial charge in [-0.15, -0.1) is 0 Å². The first-order valence-electron chi connectivity index (χ1n) is 6.59. The molecule has 1 heterocycles. The van der Waals surface area contributed by atoms with Gasteiger partial charge in [-0.3, -0.25) is 4.98 Å². The Labute approximate surface area is 119 Å². The number of hydrogen-bond donors (Lipinski definition) is 1. The van der Waals surface area contributed by atoms with Gasteiger partial charge < -0.3 is 5.32 Å². The number of likely N-dealkylation sites (N-methyl/N-ethyl adjacent to an activating group) is 1. The van der Waals surface area contributed by atoms with Crippen molar-refractivity contribution in [1.29, 1.82) is 0 Å². The third-order valence-corrected chi connectivity index (χ3v) is 3.47. The van der Waals surface area contributed by atoms with Crippen molar-refractivity contribution in [2.45, 2.75) is 26.3 Å². The van der Waals surface area contributed by atoms with Crippen LogP contribution >= 0.6 is 11.6 Å². The Bertz CT molecular complexity index is 526. The molecule has 0 spiro atoms. The highest BCUT2D eigenvalue weighted by Crippen LogP contribution is 2.26. The van der Waals surface area contributed by atoms with E-state index < -0.39 is 0 Å². The Morgan fingerprint density at radius 3 is 2.79 bits per heavy atom. The van der Waals surface area contributed by atoms with Crippen LogP contribution in [0.3, 0.4) is 0 Å². The van der Waals surface area contributed by atoms with Crippen LogP contribution in [0.1, 0.15) is 29.7 Å². The summed E-state index contributed by atoms with van der Waals surface area (Å²) < 4.78 is 0. The van der Waals surface area contributed by atoms with E-state index in [1.807, 2.05) is 18.3 Å². The minimum atomic E-state index is 0.224. The molecule has 0 saturated carbocycles. The van der Waals surface area contributed by atoms with E-state index in [0.29, 0.717) is 0 Å². The molecule has 19 heavy (non-hydrogen) atoms. The lowest BCUT2D eigenvalue weighted by Crippen LogP contribution is -2.23. The fourth-order valence-electron chi connectivity index (χ4n) is 2.21. The molecule has 1 N–H and O–H groups in total. The summed E-state index contributed by atoms with van der Waals surface area (Å²) >= 11 is 6.37. The molecule has 0 fully saturated rings. The highest BCUT2D eigenvalue weighted by atomic mass is 35.5. The maximum Gasteiger partial charge on any atom is 0.0456 e. The van der Waals surface area contributed by atoms with Gasteiger partial charge in [0, 0.05) is 23.5 Å². The van der Waals surface area contributed by atoms with Crippen molar-refractivity contribution >= 4 is 11.6 Å². The molecular weight excluding hydrogens is 256 g/mol. The normalized spacial score (nSPS) is 12.4. The largest absolute Gasteiger partial charge is 0.310 e. The molecule has 1 aromatic heterocycles. The lowest BCUT2D eigenvalue weighted by molar-refractivity contribution is 0.549. The molecule has 0 bridgehead atoms. The van der Waals surface area contributed by atoms with Crippen molar-refractivity contribution in [3.63, 3.8) is 0 Å². The Morgan fingerprint density at radius 1 is 1.32 bits per heavy atom. The van der Waals surface area contributed by atoms with Crippen LogP contribution in [-0.2, 0) is 6.42 Å². The number of nitrogens with zero attached hydrogens (tertiary/aromatic N) is 1. The Kier molecular flexibility index (Phi) is 4.94. The second-order valence-corrected chi connectivity index (χ2v) is 5.11. The first-order chi connectivity index (χ1) is 9.20. The second kappa shape index (κ2) is 6.69. The quantitative estimate of drug-likeness (QED) is 0.893. The number of aryl methyl sites for hydroxylation is 1. The van der Waals surface area contributed by atoms with Crippen LogP contribution in [0, 0.1) is 6.92 Å². The molecule has 2 rings (SSSR count). The molecule has 100 valence electrons. The van der Waals surface area contributed by atoms with Gasteiger partial charge in [-0.1, -0.05) is 36.7 Å². The van der Waals surface area contributed by atoms with Crippen LogP contribution < -0.4 is 5.32 Å². The molecule has 2 aromatic rings. The number of rotatable bonds is 5. The van der Waals surface area contributed by atoms with Crippen LogP contribution in [0.25, 0.3) is 0 Å². The van der Waals surface area contributed by atoms with E-state index in [-0.39, 0.29) is 6.04 Å². The summed E-state index contributed by atoms with van der Waals surface area (Å²) in [5, 5.41) is 4.32. The van der Waals surface area contributed by atoms with Crippen molar-refractivity contribution in [2.75, 3.05) is 6.54 Å². The molecule has 1 aromatic carbocycles. The first-order valence-corrected chi connectivity index (χ1v) is 6.97. The second-order valence-electron chi connectivity index (χ2n) is 4.70. The van der Waals surface area contributed by atoms with Gasteiger partial charge in [0.15, 0.2) is 0 Å². The number of aromatic nitrogens is 1. The lowest BCUT2D eigenvalue weighted by atomic mass is 9.98. The van der Waals surface area contributed by atoms with Crippen molar-refractivity contribution in [2.24, 2.45) is 0 Å². The monoisotopic (exact) mass is 274 g/mol. The summed E-state index contributed by atoms with van der Waals surface area (Å²) in [4.78, 5) is 4.17. The van der Waals surface area contributed by atoms with E-state index in [1.54, 1.807) is 6.20 Å². The Morgan fingerprint density at radius 2 is 2.16 bits per heavy atom. The molecule has 0 aliphatic rings. The minimum absolute atomic E-state index is 0.224. The van der Waals surface area contributed by atoms with Crippen molar-refractivity contribution in [3.8, 4) is 0 Å². The molecule has 0 amide bonds. The van der Waals surface area contributed by atoms with Gasteiger partial charge in [-0.25, -0.2) is 0 Å². The van der Waals surface area contributed by atoms with E-state index >= 15 is 0 Å². The number of halogens is 1. The van der Waals surface area contributed by atoms with Crippen LogP contribution in [0.15, 0.2) is 42.7 Å². The molecule has 3 heteroatoms. The van der Waals surface area contributed by atoms with Gasteiger partial charge >= 0.3 is 0 Å². The zero-order chi connectivity index (χ0) is 13.7. The number of nitrogens with one attached hydrogen (secondary N) is 1. The molecule has 1 atom stereocenters. The SMILES string of the molecule is CCNC(Cc1cccnc1)c1ccc(C)cc1Cl. The highest BCUT2D eigenvalue weighted by Gasteiger charge is 2.14. The van der Waals surface area contributed by atoms with Crippen LogP contribution in [-0.4, -0.2) is 11.5 Å². The third-order valence-electron chi connectivity index (χ3n) is 3.14. The average molecular weight is 275 g/mol. The smallest absolute Gasteiger partial charge is 0.0456 e. The average Bonchev–Trinajstić information content (AvgIpc) is 2.39. The topological polar surface area (TPSA) is 24.9 Å². The minimum Gasteiger partial charge on any atom is -0.310 e. The van der Waals surface area contributed by atoms with Gasteiger partial charge in [0.25, 0.3) is 0 Å². The first kappa shape index (κ1) is 14.0. The summed E-state index contributed by atoms with van der Waals surface area (Å²) in [6, 6.07) is 10.5. The Hall–Kier alpha value is -1.38. The molecule has 0 aliphatic carbocycles. The van der Waals surface area contributed by atoms with Gasteiger partial charge in [-0.05, 0) is 48.7 Å².